The van der Waals surface area contributed by atoms with Crippen LogP contribution in [0.4, 0.5) is 16.0 Å². The van der Waals surface area contributed by atoms with Crippen LogP contribution in [0.3, 0.4) is 0 Å². The van der Waals surface area contributed by atoms with Gasteiger partial charge in [-0.15, -0.1) is 0 Å². The average Bonchev–Trinajstić information content (AvgIpc) is 3.31. The predicted molar refractivity (Wildman–Crippen MR) is 186 cm³/mol. The molecule has 1 aliphatic heterocycles. The molecular weight excluding hydrogens is 603 g/mol. The normalized spacial score (nSPS) is 14.7. The maximum absolute atomic E-state index is 13.2. The number of anilines is 2. The van der Waals surface area contributed by atoms with E-state index in [2.05, 4.69) is 42.3 Å². The van der Waals surface area contributed by atoms with Crippen LogP contribution in [0.2, 0.25) is 5.02 Å². The monoisotopic (exact) mass is 644 g/mol. The van der Waals surface area contributed by atoms with E-state index in [4.69, 9.17) is 22.1 Å². The van der Waals surface area contributed by atoms with Crippen LogP contribution in [-0.2, 0) is 16.6 Å². The number of carbonyl (C=O) groups excluding carboxylic acids is 1. The number of hydrogen-bond donors (Lipinski definition) is 3. The van der Waals surface area contributed by atoms with E-state index in [1.54, 1.807) is 49.4 Å². The second-order valence-corrected chi connectivity index (χ2v) is 11.4. The van der Waals surface area contributed by atoms with Crippen molar-refractivity contribution >= 4 is 34.7 Å². The highest BCUT2D eigenvalue weighted by atomic mass is 35.5. The van der Waals surface area contributed by atoms with Gasteiger partial charge in [0.1, 0.15) is 41.0 Å². The van der Waals surface area contributed by atoms with Crippen molar-refractivity contribution in [3.05, 3.63) is 130 Å². The molecule has 1 atom stereocenters. The first-order valence-electron chi connectivity index (χ1n) is 15.2. The first kappa shape index (κ1) is 35.8. The number of amides is 1. The molecule has 1 unspecified atom stereocenters. The summed E-state index contributed by atoms with van der Waals surface area (Å²) in [5.74, 6) is 1.20. The Bertz CT molecular complexity index is 1720. The minimum absolute atomic E-state index is 0.0144. The number of nitrogen functional groups attached to an aromatic ring is 1. The Morgan fingerprint density at radius 3 is 2.30 bits per heavy atom. The highest BCUT2D eigenvalue weighted by Crippen LogP contribution is 2.45. The summed E-state index contributed by atoms with van der Waals surface area (Å²) in [6, 6.07) is 19.4. The fourth-order valence-electron chi connectivity index (χ4n) is 5.06. The minimum Gasteiger partial charge on any atom is -0.509 e. The number of nitrogens with two attached hydrogens (primary N) is 1. The number of hydrogen-bond acceptors (Lipinski definition) is 6. The van der Waals surface area contributed by atoms with Gasteiger partial charge < -0.3 is 20.9 Å². The highest BCUT2D eigenvalue weighted by Gasteiger charge is 2.47. The molecule has 0 bridgehead atoms. The number of nitrogens with zero attached hydrogens (tertiary/aromatic N) is 2. The van der Waals surface area contributed by atoms with Gasteiger partial charge in [-0.05, 0) is 71.8 Å². The second-order valence-electron chi connectivity index (χ2n) is 10.9. The van der Waals surface area contributed by atoms with Gasteiger partial charge in [-0.2, -0.15) is 0 Å². The van der Waals surface area contributed by atoms with E-state index in [1.807, 2.05) is 39.0 Å². The molecule has 9 heteroatoms. The number of nitrogens with one attached hydrogen (secondary N) is 1. The lowest BCUT2D eigenvalue weighted by Gasteiger charge is -2.24. The van der Waals surface area contributed by atoms with Crippen molar-refractivity contribution in [2.45, 2.75) is 59.3 Å². The molecule has 0 aliphatic carbocycles. The minimum atomic E-state index is -1.10. The number of ether oxygens (including phenoxy) is 1. The number of fused-ring (bicyclic) bond motifs is 1. The largest absolute Gasteiger partial charge is 0.509 e. The van der Waals surface area contributed by atoms with Crippen LogP contribution < -0.4 is 15.8 Å². The molecule has 0 saturated carbocycles. The maximum Gasteiger partial charge on any atom is 0.240 e. The van der Waals surface area contributed by atoms with Gasteiger partial charge in [0.25, 0.3) is 0 Å². The average molecular weight is 645 g/mol. The van der Waals surface area contributed by atoms with Crippen LogP contribution >= 0.6 is 11.6 Å². The van der Waals surface area contributed by atoms with Gasteiger partial charge in [-0.3, -0.25) is 4.79 Å². The maximum atomic E-state index is 13.2. The van der Waals surface area contributed by atoms with E-state index in [0.29, 0.717) is 39.1 Å². The Morgan fingerprint density at radius 1 is 1.09 bits per heavy atom. The number of rotatable bonds is 8. The van der Waals surface area contributed by atoms with Crippen LogP contribution in [0, 0.1) is 5.82 Å². The van der Waals surface area contributed by atoms with E-state index in [-0.39, 0.29) is 35.8 Å². The molecular formula is C37H42ClFN4O3. The van der Waals surface area contributed by atoms with Crippen molar-refractivity contribution in [1.82, 2.24) is 9.97 Å². The van der Waals surface area contributed by atoms with Gasteiger partial charge in [-0.1, -0.05) is 95.8 Å². The Kier molecular flexibility index (Phi) is 12.1. The van der Waals surface area contributed by atoms with Gasteiger partial charge in [-0.25, -0.2) is 14.4 Å². The Labute approximate surface area is 276 Å². The zero-order chi connectivity index (χ0) is 34.2. The number of halogens is 2. The van der Waals surface area contributed by atoms with Crippen molar-refractivity contribution in [2.75, 3.05) is 17.7 Å². The molecule has 4 N–H and O–H groups in total. The molecule has 0 spiro atoms. The number of aromatic nitrogens is 2. The Morgan fingerprint density at radius 2 is 1.74 bits per heavy atom. The number of aliphatic hydroxyl groups is 1. The van der Waals surface area contributed by atoms with E-state index in [1.165, 1.54) is 6.07 Å². The molecule has 7 nitrogen and oxygen atoms in total. The van der Waals surface area contributed by atoms with Crippen LogP contribution in [0.5, 0.6) is 5.75 Å². The molecule has 3 aromatic carbocycles. The van der Waals surface area contributed by atoms with Gasteiger partial charge in [0.2, 0.25) is 5.91 Å². The van der Waals surface area contributed by atoms with Gasteiger partial charge in [0.15, 0.2) is 5.82 Å². The number of aliphatic hydroxyl groups excluding tert-OH is 1. The SMILES string of the molecule is C=C(O)COc1ccc(C2(C)C(=O)Nc3nc(C(=C)c4ccc(Cl)cc4C(C)C)nc(N)c32)cc1.CC.CCc1ccccc1F. The predicted octanol–water partition coefficient (Wildman–Crippen LogP) is 9.02. The summed E-state index contributed by atoms with van der Waals surface area (Å²) >= 11 is 6.21. The topological polar surface area (TPSA) is 110 Å². The van der Waals surface area contributed by atoms with Gasteiger partial charge in [0, 0.05) is 10.6 Å². The quantitative estimate of drug-likeness (QED) is 0.165. The summed E-state index contributed by atoms with van der Waals surface area (Å²) in [5, 5.41) is 12.7. The van der Waals surface area contributed by atoms with Gasteiger partial charge >= 0.3 is 0 Å². The van der Waals surface area contributed by atoms with Crippen molar-refractivity contribution in [1.29, 1.82) is 0 Å². The Balaban J connectivity index is 0.000000446. The van der Waals surface area contributed by atoms with Crippen molar-refractivity contribution in [2.24, 2.45) is 0 Å². The fourth-order valence-corrected chi connectivity index (χ4v) is 5.24. The summed E-state index contributed by atoms with van der Waals surface area (Å²) in [5.41, 5.74) is 9.82. The fraction of sp³-hybridized carbons (Fsp3) is 0.270. The molecule has 242 valence electrons. The van der Waals surface area contributed by atoms with Crippen molar-refractivity contribution < 1.29 is 19.0 Å². The first-order chi connectivity index (χ1) is 21.9. The zero-order valence-corrected chi connectivity index (χ0v) is 28.0. The summed E-state index contributed by atoms with van der Waals surface area (Å²) in [4.78, 5) is 22.4. The standard InChI is InChI=1S/C27H27ClN4O3.C8H9F.C2H6/c1-14(2)21-12-18(28)8-11-20(21)16(4)24-30-23(29)22-25(31-24)32-26(34)27(22,5)17-6-9-19(10-7-17)35-13-15(3)33;1-2-7-5-3-4-6-8(7)9;1-2/h6-12,14,33H,3-4,13H2,1-2,5H3,(H3,29,30,31,32,34);3-6H,2H2,1H3;1-2H3. The number of carbonyl (C=O) groups is 1. The summed E-state index contributed by atoms with van der Waals surface area (Å²) in [7, 11) is 0. The molecule has 1 aromatic heterocycles. The van der Waals surface area contributed by atoms with Crippen LogP contribution in [0.15, 0.2) is 85.6 Å². The lowest BCUT2D eigenvalue weighted by atomic mass is 9.77. The molecule has 5 rings (SSSR count). The third-order valence-corrected chi connectivity index (χ3v) is 7.76. The highest BCUT2D eigenvalue weighted by molar-refractivity contribution is 6.30. The molecule has 46 heavy (non-hydrogen) atoms. The zero-order valence-electron chi connectivity index (χ0n) is 27.2. The summed E-state index contributed by atoms with van der Waals surface area (Å²) in [6.45, 7) is 19.5. The third-order valence-electron chi connectivity index (χ3n) is 7.53. The molecule has 0 radical (unpaired) electrons. The third kappa shape index (κ3) is 7.74. The van der Waals surface area contributed by atoms with E-state index in [0.717, 1.165) is 23.1 Å². The van der Waals surface area contributed by atoms with Gasteiger partial charge in [0.05, 0.1) is 5.56 Å². The number of benzene rings is 3. The molecule has 1 amide bonds. The first-order valence-corrected chi connectivity index (χ1v) is 15.6. The molecule has 0 fully saturated rings. The smallest absolute Gasteiger partial charge is 0.240 e. The lowest BCUT2D eigenvalue weighted by molar-refractivity contribution is -0.119. The molecule has 0 saturated heterocycles. The summed E-state index contributed by atoms with van der Waals surface area (Å²) in [6.07, 6.45) is 0.771. The second kappa shape index (κ2) is 15.5. The van der Waals surface area contributed by atoms with E-state index in [9.17, 15) is 14.3 Å². The molecule has 1 aliphatic rings. The lowest BCUT2D eigenvalue weighted by Crippen LogP contribution is -2.33. The van der Waals surface area contributed by atoms with E-state index < -0.39 is 5.41 Å². The van der Waals surface area contributed by atoms with Crippen LogP contribution in [0.25, 0.3) is 5.57 Å². The van der Waals surface area contributed by atoms with Crippen molar-refractivity contribution in [3.63, 3.8) is 0 Å². The van der Waals surface area contributed by atoms with Crippen LogP contribution in [0.1, 0.15) is 81.1 Å². The van der Waals surface area contributed by atoms with Crippen LogP contribution in [-0.4, -0.2) is 27.6 Å². The van der Waals surface area contributed by atoms with E-state index >= 15 is 0 Å². The molecule has 4 aromatic rings. The Hall–Kier alpha value is -4.69. The summed E-state index contributed by atoms with van der Waals surface area (Å²) < 4.78 is 18.0. The number of aryl methyl sites for hydroxylation is 1. The molecule has 2 heterocycles. The van der Waals surface area contributed by atoms with Crippen molar-refractivity contribution in [3.8, 4) is 5.75 Å².